The SMILES string of the molecule is Cc1ccc(F)cc1C(=O)C1(N2CCCCC2)CCCC1. The Morgan fingerprint density at radius 1 is 1.10 bits per heavy atom. The molecule has 2 fully saturated rings. The standard InChI is InChI=1S/C18H24FNO/c1-14-7-8-15(19)13-16(14)17(21)18(9-3-4-10-18)20-11-5-2-6-12-20/h7-8,13H,2-6,9-12H2,1H3. The van der Waals surface area contributed by atoms with Gasteiger partial charge < -0.3 is 0 Å². The summed E-state index contributed by atoms with van der Waals surface area (Å²) >= 11 is 0. The van der Waals surface area contributed by atoms with Gasteiger partial charge in [-0.25, -0.2) is 4.39 Å². The first kappa shape index (κ1) is 14.7. The lowest BCUT2D eigenvalue weighted by atomic mass is 9.83. The Balaban J connectivity index is 1.96. The Morgan fingerprint density at radius 3 is 2.43 bits per heavy atom. The van der Waals surface area contributed by atoms with Crippen molar-refractivity contribution in [2.24, 2.45) is 0 Å². The zero-order valence-electron chi connectivity index (χ0n) is 12.8. The minimum atomic E-state index is -0.362. The molecule has 0 radical (unpaired) electrons. The van der Waals surface area contributed by atoms with Gasteiger partial charge in [0.2, 0.25) is 0 Å². The topological polar surface area (TPSA) is 20.3 Å². The number of benzene rings is 1. The van der Waals surface area contributed by atoms with E-state index in [1.54, 1.807) is 6.07 Å². The Labute approximate surface area is 126 Å². The molecule has 1 saturated carbocycles. The number of rotatable bonds is 3. The van der Waals surface area contributed by atoms with Crippen LogP contribution >= 0.6 is 0 Å². The number of hydrogen-bond acceptors (Lipinski definition) is 2. The number of aryl methyl sites for hydroxylation is 1. The molecule has 3 rings (SSSR count). The lowest BCUT2D eigenvalue weighted by molar-refractivity contribution is 0.0476. The van der Waals surface area contributed by atoms with Gasteiger partial charge in [-0.15, -0.1) is 0 Å². The van der Waals surface area contributed by atoms with E-state index in [0.29, 0.717) is 5.56 Å². The van der Waals surface area contributed by atoms with E-state index >= 15 is 0 Å². The van der Waals surface area contributed by atoms with Gasteiger partial charge >= 0.3 is 0 Å². The van der Waals surface area contributed by atoms with Gasteiger partial charge in [0.1, 0.15) is 5.82 Å². The van der Waals surface area contributed by atoms with Crippen LogP contribution in [-0.2, 0) is 0 Å². The summed E-state index contributed by atoms with van der Waals surface area (Å²) in [5.74, 6) is -0.158. The van der Waals surface area contributed by atoms with E-state index in [0.717, 1.165) is 44.3 Å². The summed E-state index contributed by atoms with van der Waals surface area (Å²) in [5, 5.41) is 0. The van der Waals surface area contributed by atoms with Crippen molar-refractivity contribution in [2.45, 2.75) is 57.4 Å². The van der Waals surface area contributed by atoms with E-state index in [1.165, 1.54) is 31.4 Å². The van der Waals surface area contributed by atoms with E-state index in [9.17, 15) is 9.18 Å². The molecule has 1 heterocycles. The van der Waals surface area contributed by atoms with Gasteiger partial charge in [0.05, 0.1) is 5.54 Å². The van der Waals surface area contributed by atoms with Crippen LogP contribution in [0.4, 0.5) is 4.39 Å². The Bertz CT molecular complexity index is 528. The highest BCUT2D eigenvalue weighted by atomic mass is 19.1. The van der Waals surface area contributed by atoms with Crippen LogP contribution in [0.2, 0.25) is 0 Å². The predicted octanol–water partition coefficient (Wildman–Crippen LogP) is 4.12. The predicted molar refractivity (Wildman–Crippen MR) is 82.1 cm³/mol. The fourth-order valence-corrected chi connectivity index (χ4v) is 4.06. The highest BCUT2D eigenvalue weighted by molar-refractivity contribution is 6.04. The molecule has 0 bridgehead atoms. The van der Waals surface area contributed by atoms with Crippen LogP contribution in [0.3, 0.4) is 0 Å². The second-order valence-electron chi connectivity index (χ2n) is 6.57. The van der Waals surface area contributed by atoms with Crippen molar-refractivity contribution in [3.05, 3.63) is 35.1 Å². The van der Waals surface area contributed by atoms with Gasteiger partial charge in [0, 0.05) is 5.56 Å². The third kappa shape index (κ3) is 2.64. The van der Waals surface area contributed by atoms with Crippen LogP contribution < -0.4 is 0 Å². The zero-order chi connectivity index (χ0) is 14.9. The van der Waals surface area contributed by atoms with Crippen molar-refractivity contribution in [3.8, 4) is 0 Å². The molecule has 3 heteroatoms. The number of piperidine rings is 1. The largest absolute Gasteiger partial charge is 0.292 e. The molecule has 0 amide bonds. The molecule has 1 aliphatic carbocycles. The Morgan fingerprint density at radius 2 is 1.76 bits per heavy atom. The molecule has 114 valence electrons. The third-order valence-corrected chi connectivity index (χ3v) is 5.26. The van der Waals surface area contributed by atoms with Crippen LogP contribution in [0, 0.1) is 12.7 Å². The lowest BCUT2D eigenvalue weighted by Crippen LogP contribution is -2.54. The van der Waals surface area contributed by atoms with Crippen LogP contribution in [0.25, 0.3) is 0 Å². The number of carbonyl (C=O) groups excluding carboxylic acids is 1. The molecule has 21 heavy (non-hydrogen) atoms. The number of hydrogen-bond donors (Lipinski definition) is 0. The normalized spacial score (nSPS) is 22.4. The highest BCUT2D eigenvalue weighted by Gasteiger charge is 2.46. The second kappa shape index (κ2) is 5.88. The first-order valence-corrected chi connectivity index (χ1v) is 8.19. The number of likely N-dealkylation sites (tertiary alicyclic amines) is 1. The van der Waals surface area contributed by atoms with Gasteiger partial charge in [0.25, 0.3) is 0 Å². The van der Waals surface area contributed by atoms with E-state index in [2.05, 4.69) is 4.90 Å². The van der Waals surface area contributed by atoms with Gasteiger partial charge in [-0.05, 0) is 63.4 Å². The molecular weight excluding hydrogens is 265 g/mol. The van der Waals surface area contributed by atoms with E-state index in [4.69, 9.17) is 0 Å². The summed E-state index contributed by atoms with van der Waals surface area (Å²) in [6.45, 7) is 3.94. The molecule has 1 saturated heterocycles. The molecule has 2 nitrogen and oxygen atoms in total. The number of nitrogens with zero attached hydrogens (tertiary/aromatic N) is 1. The minimum Gasteiger partial charge on any atom is -0.292 e. The molecule has 0 unspecified atom stereocenters. The summed E-state index contributed by atoms with van der Waals surface area (Å²) in [7, 11) is 0. The van der Waals surface area contributed by atoms with Crippen LogP contribution in [0.1, 0.15) is 60.9 Å². The van der Waals surface area contributed by atoms with Crippen molar-refractivity contribution >= 4 is 5.78 Å². The fourth-order valence-electron chi connectivity index (χ4n) is 4.06. The second-order valence-corrected chi connectivity index (χ2v) is 6.57. The molecule has 1 aliphatic heterocycles. The first-order valence-electron chi connectivity index (χ1n) is 8.19. The number of Topliss-reactive ketones (excluding diaryl/α,β-unsaturated/α-hetero) is 1. The van der Waals surface area contributed by atoms with Crippen molar-refractivity contribution < 1.29 is 9.18 Å². The minimum absolute atomic E-state index is 0.152. The monoisotopic (exact) mass is 289 g/mol. The van der Waals surface area contributed by atoms with Gasteiger partial charge in [-0.3, -0.25) is 9.69 Å². The fraction of sp³-hybridized carbons (Fsp3) is 0.611. The maximum absolute atomic E-state index is 13.6. The van der Waals surface area contributed by atoms with Gasteiger partial charge in [-0.2, -0.15) is 0 Å². The number of ketones is 1. The smallest absolute Gasteiger partial charge is 0.183 e. The van der Waals surface area contributed by atoms with E-state index in [-0.39, 0.29) is 17.1 Å². The molecule has 0 aromatic heterocycles. The summed E-state index contributed by atoms with van der Waals surface area (Å²) in [5.41, 5.74) is 1.12. The number of carbonyl (C=O) groups is 1. The Kier molecular flexibility index (Phi) is 4.12. The van der Waals surface area contributed by atoms with E-state index in [1.807, 2.05) is 6.92 Å². The molecule has 0 N–H and O–H groups in total. The van der Waals surface area contributed by atoms with Crippen LogP contribution in [0.5, 0.6) is 0 Å². The molecule has 1 aromatic rings. The molecule has 0 spiro atoms. The average Bonchev–Trinajstić information content (AvgIpc) is 3.01. The summed E-state index contributed by atoms with van der Waals surface area (Å²) in [4.78, 5) is 15.6. The molecule has 1 aromatic carbocycles. The first-order chi connectivity index (χ1) is 10.1. The summed E-state index contributed by atoms with van der Waals surface area (Å²) < 4.78 is 13.6. The zero-order valence-corrected chi connectivity index (χ0v) is 12.8. The number of halogens is 1. The van der Waals surface area contributed by atoms with Crippen molar-refractivity contribution in [2.75, 3.05) is 13.1 Å². The van der Waals surface area contributed by atoms with Crippen LogP contribution in [-0.4, -0.2) is 29.3 Å². The van der Waals surface area contributed by atoms with Crippen molar-refractivity contribution in [3.63, 3.8) is 0 Å². The molecule has 2 aliphatic rings. The van der Waals surface area contributed by atoms with E-state index < -0.39 is 0 Å². The average molecular weight is 289 g/mol. The molecular formula is C18H24FNO. The highest BCUT2D eigenvalue weighted by Crippen LogP contribution is 2.40. The van der Waals surface area contributed by atoms with Crippen LogP contribution in [0.15, 0.2) is 18.2 Å². The Hall–Kier alpha value is -1.22. The quantitative estimate of drug-likeness (QED) is 0.780. The maximum atomic E-state index is 13.6. The third-order valence-electron chi connectivity index (χ3n) is 5.26. The summed E-state index contributed by atoms with van der Waals surface area (Å²) in [6, 6.07) is 4.59. The van der Waals surface area contributed by atoms with Crippen molar-refractivity contribution in [1.82, 2.24) is 4.90 Å². The van der Waals surface area contributed by atoms with Crippen molar-refractivity contribution in [1.29, 1.82) is 0 Å². The maximum Gasteiger partial charge on any atom is 0.183 e. The lowest BCUT2D eigenvalue weighted by Gasteiger charge is -2.42. The van der Waals surface area contributed by atoms with Gasteiger partial charge in [-0.1, -0.05) is 25.3 Å². The van der Waals surface area contributed by atoms with Gasteiger partial charge in [0.15, 0.2) is 5.78 Å². The summed E-state index contributed by atoms with van der Waals surface area (Å²) in [6.07, 6.45) is 7.70. The molecule has 0 atom stereocenters.